The van der Waals surface area contributed by atoms with E-state index in [0.717, 1.165) is 42.9 Å². The molecule has 136 valence electrons. The molecule has 2 aromatic heterocycles. The van der Waals surface area contributed by atoms with Gasteiger partial charge in [-0.1, -0.05) is 6.58 Å². The van der Waals surface area contributed by atoms with Gasteiger partial charge in [0, 0.05) is 24.0 Å². The van der Waals surface area contributed by atoms with Crippen molar-refractivity contribution in [3.8, 4) is 0 Å². The van der Waals surface area contributed by atoms with Gasteiger partial charge in [-0.05, 0) is 52.2 Å². The lowest BCUT2D eigenvalue weighted by Crippen LogP contribution is -2.38. The third-order valence-electron chi connectivity index (χ3n) is 4.38. The molecule has 1 saturated heterocycles. The molecular weight excluding hydrogens is 328 g/mol. The summed E-state index contributed by atoms with van der Waals surface area (Å²) in [5, 5.41) is 3.17. The lowest BCUT2D eigenvalue weighted by molar-refractivity contribution is -0.129. The van der Waals surface area contributed by atoms with Crippen LogP contribution in [0.5, 0.6) is 0 Å². The quantitative estimate of drug-likeness (QED) is 0.851. The first-order valence-electron chi connectivity index (χ1n) is 8.84. The van der Waals surface area contributed by atoms with Gasteiger partial charge in [-0.25, -0.2) is 19.9 Å². The van der Waals surface area contributed by atoms with E-state index in [-0.39, 0.29) is 11.9 Å². The fraction of sp³-hybridized carbons (Fsp3) is 0.421. The Hall–Kier alpha value is -2.83. The zero-order valence-corrected chi connectivity index (χ0v) is 15.5. The second kappa shape index (κ2) is 7.59. The van der Waals surface area contributed by atoms with E-state index in [2.05, 4.69) is 31.8 Å². The second-order valence-corrected chi connectivity index (χ2v) is 6.57. The van der Waals surface area contributed by atoms with Crippen molar-refractivity contribution in [3.63, 3.8) is 0 Å². The Kier molecular flexibility index (Phi) is 5.25. The van der Waals surface area contributed by atoms with E-state index in [1.165, 1.54) is 6.08 Å². The van der Waals surface area contributed by atoms with Crippen LogP contribution in [0.4, 0.5) is 11.8 Å². The third kappa shape index (κ3) is 4.04. The van der Waals surface area contributed by atoms with Crippen LogP contribution in [0.15, 0.2) is 24.8 Å². The third-order valence-corrected chi connectivity index (χ3v) is 4.38. The van der Waals surface area contributed by atoms with Crippen molar-refractivity contribution in [2.24, 2.45) is 0 Å². The fourth-order valence-corrected chi connectivity index (χ4v) is 3.34. The van der Waals surface area contributed by atoms with Gasteiger partial charge in [-0.2, -0.15) is 0 Å². The Balaban J connectivity index is 1.91. The summed E-state index contributed by atoms with van der Waals surface area (Å²) in [5.41, 5.74) is 2.61. The zero-order valence-electron chi connectivity index (χ0n) is 15.5. The van der Waals surface area contributed by atoms with Crippen LogP contribution in [0, 0.1) is 20.8 Å². The minimum Gasteiger partial charge on any atom is -0.331 e. The molecule has 0 saturated carbocycles. The number of likely N-dealkylation sites (tertiary alicyclic amines) is 1. The maximum absolute atomic E-state index is 12.2. The molecule has 0 bridgehead atoms. The molecule has 1 N–H and O–H groups in total. The van der Waals surface area contributed by atoms with Crippen LogP contribution in [0.25, 0.3) is 0 Å². The Bertz CT molecular complexity index is 815. The highest BCUT2D eigenvalue weighted by molar-refractivity contribution is 5.87. The Morgan fingerprint density at radius 2 is 1.88 bits per heavy atom. The molecule has 26 heavy (non-hydrogen) atoms. The molecule has 0 unspecified atom stereocenters. The van der Waals surface area contributed by atoms with Gasteiger partial charge < -0.3 is 10.2 Å². The SMILES string of the molecule is C=CC(=O)N1CCCC[C@H]1c1cc(Nc2nc(C)cc(C)n2)nc(C)n1. The monoisotopic (exact) mass is 352 g/mol. The summed E-state index contributed by atoms with van der Waals surface area (Å²) < 4.78 is 0. The standard InChI is InChI=1S/C19H24N6O/c1-5-18(26)25-9-7-6-8-16(25)15-11-17(23-14(4)22-15)24-19-20-12(2)10-13(3)21-19/h5,10-11,16H,1,6-9H2,2-4H3,(H,20,21,22,23,24)/t16-/m0/s1. The minimum absolute atomic E-state index is 0.0573. The average Bonchev–Trinajstić information content (AvgIpc) is 2.59. The van der Waals surface area contributed by atoms with Gasteiger partial charge in [0.05, 0.1) is 11.7 Å². The highest BCUT2D eigenvalue weighted by Gasteiger charge is 2.28. The number of piperidine rings is 1. The molecule has 0 radical (unpaired) electrons. The lowest BCUT2D eigenvalue weighted by Gasteiger charge is -2.34. The van der Waals surface area contributed by atoms with E-state index in [1.54, 1.807) is 0 Å². The van der Waals surface area contributed by atoms with E-state index in [9.17, 15) is 4.79 Å². The summed E-state index contributed by atoms with van der Waals surface area (Å²) in [4.78, 5) is 31.9. The van der Waals surface area contributed by atoms with Gasteiger partial charge in [0.1, 0.15) is 11.6 Å². The number of aryl methyl sites for hydroxylation is 3. The summed E-state index contributed by atoms with van der Waals surface area (Å²) in [6, 6.07) is 3.74. The number of anilines is 2. The predicted molar refractivity (Wildman–Crippen MR) is 100 cm³/mol. The van der Waals surface area contributed by atoms with Crippen molar-refractivity contribution in [3.05, 3.63) is 47.7 Å². The topological polar surface area (TPSA) is 83.9 Å². The molecule has 0 spiro atoms. The van der Waals surface area contributed by atoms with E-state index in [4.69, 9.17) is 0 Å². The number of hydrogen-bond acceptors (Lipinski definition) is 6. The normalized spacial score (nSPS) is 17.0. The van der Waals surface area contributed by atoms with Gasteiger partial charge in [0.15, 0.2) is 0 Å². The molecule has 1 atom stereocenters. The van der Waals surface area contributed by atoms with Crippen molar-refractivity contribution in [1.82, 2.24) is 24.8 Å². The van der Waals surface area contributed by atoms with Gasteiger partial charge >= 0.3 is 0 Å². The van der Waals surface area contributed by atoms with Crippen LogP contribution in [-0.4, -0.2) is 37.3 Å². The van der Waals surface area contributed by atoms with Crippen LogP contribution in [0.1, 0.15) is 48.2 Å². The van der Waals surface area contributed by atoms with Crippen LogP contribution in [-0.2, 0) is 4.79 Å². The zero-order chi connectivity index (χ0) is 18.7. The van der Waals surface area contributed by atoms with Crippen molar-refractivity contribution in [1.29, 1.82) is 0 Å². The van der Waals surface area contributed by atoms with Gasteiger partial charge in [0.25, 0.3) is 0 Å². The number of hydrogen-bond donors (Lipinski definition) is 1. The van der Waals surface area contributed by atoms with Crippen LogP contribution < -0.4 is 5.32 Å². The summed E-state index contributed by atoms with van der Waals surface area (Å²) in [5.74, 6) is 1.73. The summed E-state index contributed by atoms with van der Waals surface area (Å²) in [6.07, 6.45) is 4.32. The van der Waals surface area contributed by atoms with Crippen LogP contribution in [0.3, 0.4) is 0 Å². The summed E-state index contributed by atoms with van der Waals surface area (Å²) in [7, 11) is 0. The number of nitrogens with one attached hydrogen (secondary N) is 1. The number of aromatic nitrogens is 4. The molecule has 2 aromatic rings. The molecule has 1 aliphatic rings. The van der Waals surface area contributed by atoms with Crippen LogP contribution >= 0.6 is 0 Å². The molecule has 1 aliphatic heterocycles. The molecular formula is C19H24N6O. The van der Waals surface area contributed by atoms with Gasteiger partial charge in [-0.3, -0.25) is 4.79 Å². The number of rotatable bonds is 4. The fourth-order valence-electron chi connectivity index (χ4n) is 3.34. The number of carbonyl (C=O) groups is 1. The summed E-state index contributed by atoms with van der Waals surface area (Å²) in [6.45, 7) is 10.0. The smallest absolute Gasteiger partial charge is 0.246 e. The molecule has 3 rings (SSSR count). The largest absolute Gasteiger partial charge is 0.331 e. The molecule has 3 heterocycles. The van der Waals surface area contributed by atoms with Gasteiger partial charge in [-0.15, -0.1) is 0 Å². The average molecular weight is 352 g/mol. The predicted octanol–water partition coefficient (Wildman–Crippen LogP) is 3.18. The summed E-state index contributed by atoms with van der Waals surface area (Å²) >= 11 is 0. The molecule has 7 heteroatoms. The first-order chi connectivity index (χ1) is 12.5. The van der Waals surface area contributed by atoms with Crippen molar-refractivity contribution in [2.75, 3.05) is 11.9 Å². The molecule has 7 nitrogen and oxygen atoms in total. The maximum Gasteiger partial charge on any atom is 0.246 e. The van der Waals surface area contributed by atoms with Gasteiger partial charge in [0.2, 0.25) is 11.9 Å². The lowest BCUT2D eigenvalue weighted by atomic mass is 9.98. The molecule has 0 aliphatic carbocycles. The number of nitrogens with zero attached hydrogens (tertiary/aromatic N) is 5. The first kappa shape index (κ1) is 18.0. The van der Waals surface area contributed by atoms with Crippen molar-refractivity contribution in [2.45, 2.75) is 46.1 Å². The number of carbonyl (C=O) groups excluding carboxylic acids is 1. The molecule has 0 aromatic carbocycles. The maximum atomic E-state index is 12.2. The van der Waals surface area contributed by atoms with Crippen LogP contribution in [0.2, 0.25) is 0 Å². The van der Waals surface area contributed by atoms with Crippen molar-refractivity contribution >= 4 is 17.7 Å². The Morgan fingerprint density at radius 1 is 1.15 bits per heavy atom. The molecule has 1 fully saturated rings. The van der Waals surface area contributed by atoms with E-state index >= 15 is 0 Å². The first-order valence-corrected chi connectivity index (χ1v) is 8.84. The van der Waals surface area contributed by atoms with Crippen molar-refractivity contribution < 1.29 is 4.79 Å². The Morgan fingerprint density at radius 3 is 2.58 bits per heavy atom. The second-order valence-electron chi connectivity index (χ2n) is 6.57. The van der Waals surface area contributed by atoms with E-state index in [0.29, 0.717) is 17.6 Å². The van der Waals surface area contributed by atoms with E-state index in [1.807, 2.05) is 37.8 Å². The van der Waals surface area contributed by atoms with E-state index < -0.39 is 0 Å². The number of amides is 1. The Labute approximate surface area is 153 Å². The highest BCUT2D eigenvalue weighted by Crippen LogP contribution is 2.31. The highest BCUT2D eigenvalue weighted by atomic mass is 16.2. The molecule has 1 amide bonds. The minimum atomic E-state index is -0.0586.